The molecule has 0 spiro atoms. The predicted molar refractivity (Wildman–Crippen MR) is 92.4 cm³/mol. The zero-order chi connectivity index (χ0) is 16.6. The van der Waals surface area contributed by atoms with Crippen LogP contribution in [0.2, 0.25) is 0 Å². The molecule has 3 rings (SSSR count). The van der Waals surface area contributed by atoms with Gasteiger partial charge in [0.1, 0.15) is 11.3 Å². The summed E-state index contributed by atoms with van der Waals surface area (Å²) in [5.74, 6) is 1.04. The quantitative estimate of drug-likeness (QED) is 0.713. The molecule has 23 heavy (non-hydrogen) atoms. The Morgan fingerprint density at radius 1 is 1.30 bits per heavy atom. The Kier molecular flexibility index (Phi) is 4.13. The van der Waals surface area contributed by atoms with Crippen molar-refractivity contribution in [1.29, 1.82) is 0 Å². The second-order valence-electron chi connectivity index (χ2n) is 5.61. The van der Waals surface area contributed by atoms with Gasteiger partial charge < -0.3 is 14.1 Å². The summed E-state index contributed by atoms with van der Waals surface area (Å²) in [6.07, 6.45) is 0. The van der Waals surface area contributed by atoms with E-state index in [0.717, 1.165) is 16.7 Å². The number of carbonyl (C=O) groups is 1. The average Bonchev–Trinajstić information content (AvgIpc) is 3.10. The number of furan rings is 1. The van der Waals surface area contributed by atoms with Crippen molar-refractivity contribution in [3.05, 3.63) is 51.4 Å². The molecule has 0 atom stereocenters. The minimum Gasteiger partial charge on any atom is -0.497 e. The third-order valence-electron chi connectivity index (χ3n) is 4.03. The highest BCUT2D eigenvalue weighted by Gasteiger charge is 2.22. The molecule has 0 saturated heterocycles. The Morgan fingerprint density at radius 3 is 2.74 bits per heavy atom. The number of carbonyl (C=O) groups excluding carboxylic acids is 1. The number of hydrogen-bond acceptors (Lipinski definition) is 4. The van der Waals surface area contributed by atoms with Gasteiger partial charge in [0.2, 0.25) is 0 Å². The summed E-state index contributed by atoms with van der Waals surface area (Å²) in [5, 5.41) is 2.95. The van der Waals surface area contributed by atoms with E-state index in [1.165, 1.54) is 10.4 Å². The van der Waals surface area contributed by atoms with Crippen molar-refractivity contribution in [3.8, 4) is 5.75 Å². The molecule has 0 bridgehead atoms. The van der Waals surface area contributed by atoms with Crippen molar-refractivity contribution in [2.45, 2.75) is 20.4 Å². The summed E-state index contributed by atoms with van der Waals surface area (Å²) in [4.78, 5) is 15.6. The van der Waals surface area contributed by atoms with Crippen LogP contribution in [0, 0.1) is 13.8 Å². The molecule has 2 heterocycles. The second kappa shape index (κ2) is 6.08. The van der Waals surface area contributed by atoms with Crippen molar-refractivity contribution < 1.29 is 13.9 Å². The third-order valence-corrected chi connectivity index (χ3v) is 5.04. The van der Waals surface area contributed by atoms with Crippen LogP contribution in [0.4, 0.5) is 0 Å². The Bertz CT molecular complexity index is 862. The lowest BCUT2D eigenvalue weighted by Gasteiger charge is -2.15. The largest absolute Gasteiger partial charge is 0.497 e. The molecule has 0 aliphatic carbocycles. The molecule has 0 aliphatic rings. The third kappa shape index (κ3) is 2.84. The van der Waals surface area contributed by atoms with E-state index >= 15 is 0 Å². The summed E-state index contributed by atoms with van der Waals surface area (Å²) in [6, 6.07) is 7.63. The first kappa shape index (κ1) is 15.6. The molecule has 120 valence electrons. The maximum atomic E-state index is 12.7. The number of methoxy groups -OCH3 is 1. The molecule has 1 amide bonds. The summed E-state index contributed by atoms with van der Waals surface area (Å²) in [5.41, 5.74) is 2.76. The lowest BCUT2D eigenvalue weighted by atomic mass is 10.1. The average molecular weight is 329 g/mol. The molecule has 3 aromatic rings. The molecule has 0 fully saturated rings. The number of amides is 1. The number of thiophene rings is 1. The topological polar surface area (TPSA) is 42.7 Å². The van der Waals surface area contributed by atoms with E-state index in [4.69, 9.17) is 9.15 Å². The predicted octanol–water partition coefficient (Wildman–Crippen LogP) is 4.39. The zero-order valence-corrected chi connectivity index (χ0v) is 14.5. The van der Waals surface area contributed by atoms with Crippen molar-refractivity contribution in [1.82, 2.24) is 4.90 Å². The molecule has 0 unspecified atom stereocenters. The maximum Gasteiger partial charge on any atom is 0.289 e. The van der Waals surface area contributed by atoms with Gasteiger partial charge in [-0.2, -0.15) is 0 Å². The van der Waals surface area contributed by atoms with Gasteiger partial charge in [0.05, 0.1) is 13.7 Å². The molecular weight excluding hydrogens is 310 g/mol. The molecule has 0 aliphatic heterocycles. The Balaban J connectivity index is 1.91. The summed E-state index contributed by atoms with van der Waals surface area (Å²) >= 11 is 1.66. The van der Waals surface area contributed by atoms with E-state index in [1.54, 1.807) is 30.4 Å². The first-order chi connectivity index (χ1) is 11.0. The summed E-state index contributed by atoms with van der Waals surface area (Å²) in [6.45, 7) is 4.55. The zero-order valence-electron chi connectivity index (χ0n) is 13.7. The lowest BCUT2D eigenvalue weighted by molar-refractivity contribution is 0.0756. The van der Waals surface area contributed by atoms with E-state index < -0.39 is 0 Å². The Morgan fingerprint density at radius 2 is 2.09 bits per heavy atom. The second-order valence-corrected chi connectivity index (χ2v) is 6.61. The number of nitrogens with zero attached hydrogens (tertiary/aromatic N) is 1. The normalized spacial score (nSPS) is 11.0. The van der Waals surface area contributed by atoms with Crippen LogP contribution in [0.15, 0.2) is 34.1 Å². The van der Waals surface area contributed by atoms with Crippen LogP contribution < -0.4 is 4.74 Å². The van der Waals surface area contributed by atoms with Gasteiger partial charge >= 0.3 is 0 Å². The van der Waals surface area contributed by atoms with E-state index in [1.807, 2.05) is 30.5 Å². The van der Waals surface area contributed by atoms with Crippen LogP contribution in [-0.2, 0) is 6.54 Å². The van der Waals surface area contributed by atoms with Gasteiger partial charge in [-0.25, -0.2) is 0 Å². The highest BCUT2D eigenvalue weighted by molar-refractivity contribution is 7.10. The monoisotopic (exact) mass is 329 g/mol. The number of aryl methyl sites for hydroxylation is 2. The van der Waals surface area contributed by atoms with Crippen molar-refractivity contribution in [2.75, 3.05) is 14.2 Å². The number of benzene rings is 1. The number of hydrogen-bond donors (Lipinski definition) is 0. The van der Waals surface area contributed by atoms with Crippen LogP contribution in [0.25, 0.3) is 11.0 Å². The highest BCUT2D eigenvalue weighted by Crippen LogP contribution is 2.29. The molecule has 5 heteroatoms. The van der Waals surface area contributed by atoms with Crippen LogP contribution in [0.5, 0.6) is 5.75 Å². The molecule has 0 saturated carbocycles. The van der Waals surface area contributed by atoms with Gasteiger partial charge in [0, 0.05) is 22.9 Å². The van der Waals surface area contributed by atoms with Crippen LogP contribution in [-0.4, -0.2) is 25.0 Å². The van der Waals surface area contributed by atoms with Gasteiger partial charge in [0.25, 0.3) is 5.91 Å². The fourth-order valence-electron chi connectivity index (χ4n) is 2.56. The van der Waals surface area contributed by atoms with E-state index in [0.29, 0.717) is 17.9 Å². The van der Waals surface area contributed by atoms with Crippen LogP contribution in [0.3, 0.4) is 0 Å². The number of ether oxygens (including phenoxy) is 1. The first-order valence-electron chi connectivity index (χ1n) is 7.37. The minimum absolute atomic E-state index is 0.106. The molecule has 0 N–H and O–H groups in total. The van der Waals surface area contributed by atoms with E-state index in [-0.39, 0.29) is 5.91 Å². The molecule has 4 nitrogen and oxygen atoms in total. The molecule has 0 radical (unpaired) electrons. The molecule has 2 aromatic heterocycles. The van der Waals surface area contributed by atoms with Gasteiger partial charge in [0.15, 0.2) is 5.76 Å². The minimum atomic E-state index is -0.106. The van der Waals surface area contributed by atoms with Gasteiger partial charge in [-0.15, -0.1) is 11.3 Å². The summed E-state index contributed by atoms with van der Waals surface area (Å²) < 4.78 is 11.0. The fraction of sp³-hybridized carbons (Fsp3) is 0.278. The van der Waals surface area contributed by atoms with Gasteiger partial charge in [-0.3, -0.25) is 4.79 Å². The van der Waals surface area contributed by atoms with E-state index in [2.05, 4.69) is 13.0 Å². The van der Waals surface area contributed by atoms with E-state index in [9.17, 15) is 4.79 Å². The Hall–Kier alpha value is -2.27. The first-order valence-corrected chi connectivity index (χ1v) is 8.24. The fourth-order valence-corrected chi connectivity index (χ4v) is 3.52. The van der Waals surface area contributed by atoms with Crippen LogP contribution >= 0.6 is 11.3 Å². The number of fused-ring (bicyclic) bond motifs is 1. The molecule has 1 aromatic carbocycles. The smallest absolute Gasteiger partial charge is 0.289 e. The van der Waals surface area contributed by atoms with Crippen LogP contribution in [0.1, 0.15) is 26.6 Å². The van der Waals surface area contributed by atoms with Crippen molar-refractivity contribution >= 4 is 28.2 Å². The van der Waals surface area contributed by atoms with Crippen molar-refractivity contribution in [3.63, 3.8) is 0 Å². The van der Waals surface area contributed by atoms with Gasteiger partial charge in [-0.1, -0.05) is 0 Å². The standard InChI is InChI=1S/C18H19NO3S/c1-11-7-8-23-16(11)10-19(3)18(20)17-12(2)14-9-13(21-4)5-6-15(14)22-17/h5-9H,10H2,1-4H3. The number of rotatable bonds is 4. The maximum absolute atomic E-state index is 12.7. The Labute approximate surface area is 139 Å². The molecular formula is C18H19NO3S. The lowest BCUT2D eigenvalue weighted by Crippen LogP contribution is -2.26. The summed E-state index contributed by atoms with van der Waals surface area (Å²) in [7, 11) is 3.43. The van der Waals surface area contributed by atoms with Crippen molar-refractivity contribution in [2.24, 2.45) is 0 Å². The highest BCUT2D eigenvalue weighted by atomic mass is 32.1. The van der Waals surface area contributed by atoms with Gasteiger partial charge in [-0.05, 0) is 49.1 Å². The SMILES string of the molecule is COc1ccc2oc(C(=O)N(C)Cc3sccc3C)c(C)c2c1.